The van der Waals surface area contributed by atoms with Crippen LogP contribution in [0.15, 0.2) is 39.9 Å². The van der Waals surface area contributed by atoms with E-state index in [4.69, 9.17) is 9.47 Å². The molecule has 0 fully saturated rings. The summed E-state index contributed by atoms with van der Waals surface area (Å²) in [4.78, 5) is 27.6. The Balaban J connectivity index is 2.34. The molecule has 0 saturated carbocycles. The summed E-state index contributed by atoms with van der Waals surface area (Å²) >= 11 is 0. The Morgan fingerprint density at radius 3 is 2.74 bits per heavy atom. The van der Waals surface area contributed by atoms with E-state index in [9.17, 15) is 23.3 Å². The quantitative estimate of drug-likeness (QED) is 0.433. The number of allylic oxidation sites excluding steroid dienone is 1. The Labute approximate surface area is 155 Å². The highest BCUT2D eigenvalue weighted by molar-refractivity contribution is 7.95. The molecule has 0 aliphatic carbocycles. The normalized spacial score (nSPS) is 24.4. The van der Waals surface area contributed by atoms with Crippen LogP contribution in [0.4, 0.5) is 5.69 Å². The molecule has 3 rings (SSSR count). The van der Waals surface area contributed by atoms with E-state index in [-0.39, 0.29) is 40.8 Å². The lowest BCUT2D eigenvalue weighted by Gasteiger charge is -2.31. The summed E-state index contributed by atoms with van der Waals surface area (Å²) in [6.07, 6.45) is 0. The van der Waals surface area contributed by atoms with Gasteiger partial charge >= 0.3 is 5.97 Å². The zero-order chi connectivity index (χ0) is 19.8. The lowest BCUT2D eigenvalue weighted by molar-refractivity contribution is -0.385. The fourth-order valence-electron chi connectivity index (χ4n) is 3.50. The Morgan fingerprint density at radius 1 is 1.37 bits per heavy atom. The molecule has 0 saturated heterocycles. The molecule has 2 atom stereocenters. The maximum Gasteiger partial charge on any atom is 0.315 e. The van der Waals surface area contributed by atoms with E-state index in [0.29, 0.717) is 5.71 Å². The Bertz CT molecular complexity index is 965. The molecule has 0 amide bonds. The molecule has 1 aromatic rings. The van der Waals surface area contributed by atoms with Gasteiger partial charge in [0.25, 0.3) is 5.69 Å². The van der Waals surface area contributed by atoms with Gasteiger partial charge in [-0.2, -0.15) is 0 Å². The van der Waals surface area contributed by atoms with E-state index >= 15 is 0 Å². The molecule has 2 aliphatic heterocycles. The summed E-state index contributed by atoms with van der Waals surface area (Å²) in [5.74, 6) is -3.17. The number of benzene rings is 1. The van der Waals surface area contributed by atoms with Crippen LogP contribution in [-0.4, -0.2) is 51.1 Å². The Morgan fingerprint density at radius 2 is 2.07 bits per heavy atom. The number of para-hydroxylation sites is 1. The first-order valence-corrected chi connectivity index (χ1v) is 9.83. The zero-order valence-corrected chi connectivity index (χ0v) is 15.6. The average molecular weight is 394 g/mol. The number of hydrogen-bond donors (Lipinski definition) is 0. The summed E-state index contributed by atoms with van der Waals surface area (Å²) in [5.41, 5.74) is 0.362. The van der Waals surface area contributed by atoms with Gasteiger partial charge in [-0.05, 0) is 6.92 Å². The van der Waals surface area contributed by atoms with Crippen molar-refractivity contribution in [2.75, 3.05) is 26.1 Å². The Hall–Kier alpha value is -2.59. The van der Waals surface area contributed by atoms with Crippen molar-refractivity contribution >= 4 is 27.2 Å². The fraction of sp³-hybridized carbons (Fsp3) is 0.412. The summed E-state index contributed by atoms with van der Waals surface area (Å²) in [6.45, 7) is 1.51. The van der Waals surface area contributed by atoms with Crippen molar-refractivity contribution in [1.29, 1.82) is 0 Å². The summed E-state index contributed by atoms with van der Waals surface area (Å²) in [7, 11) is -2.66. The van der Waals surface area contributed by atoms with E-state index in [1.54, 1.807) is 13.0 Å². The number of carbonyl (C=O) groups is 1. The number of aliphatic imine (C=N–C) groups is 1. The van der Waals surface area contributed by atoms with Gasteiger partial charge in [0.05, 0.1) is 41.6 Å². The van der Waals surface area contributed by atoms with Crippen LogP contribution < -0.4 is 0 Å². The fourth-order valence-corrected chi connectivity index (χ4v) is 5.18. The average Bonchev–Trinajstić information content (AvgIpc) is 2.78. The van der Waals surface area contributed by atoms with E-state index in [1.807, 2.05) is 0 Å². The zero-order valence-electron chi connectivity index (χ0n) is 14.7. The molecule has 9 nitrogen and oxygen atoms in total. The SMILES string of the molecule is COC(=O)C1C(C)=NC2=C(C1c1ccccc1[N+](=O)[O-])S(=O)(=O)CCOC2. The molecule has 0 N–H and O–H groups in total. The van der Waals surface area contributed by atoms with Gasteiger partial charge in [0.2, 0.25) is 0 Å². The number of nitro benzene ring substituents is 1. The van der Waals surface area contributed by atoms with Crippen molar-refractivity contribution in [2.45, 2.75) is 12.8 Å². The second-order valence-corrected chi connectivity index (χ2v) is 8.31. The van der Waals surface area contributed by atoms with Crippen molar-refractivity contribution in [2.24, 2.45) is 10.9 Å². The van der Waals surface area contributed by atoms with Gasteiger partial charge in [-0.3, -0.25) is 19.9 Å². The van der Waals surface area contributed by atoms with Crippen LogP contribution in [0.2, 0.25) is 0 Å². The number of sulfone groups is 1. The molecule has 1 aromatic carbocycles. The summed E-state index contributed by atoms with van der Waals surface area (Å²) < 4.78 is 36.1. The third kappa shape index (κ3) is 3.37. The van der Waals surface area contributed by atoms with Crippen LogP contribution in [-0.2, 0) is 24.1 Å². The van der Waals surface area contributed by atoms with Crippen molar-refractivity contribution < 1.29 is 27.6 Å². The van der Waals surface area contributed by atoms with Crippen LogP contribution >= 0.6 is 0 Å². The topological polar surface area (TPSA) is 125 Å². The van der Waals surface area contributed by atoms with Gasteiger partial charge in [0.15, 0.2) is 9.84 Å². The predicted octanol–water partition coefficient (Wildman–Crippen LogP) is 1.60. The van der Waals surface area contributed by atoms with E-state index in [1.165, 1.54) is 25.3 Å². The molecular weight excluding hydrogens is 376 g/mol. The first-order chi connectivity index (χ1) is 12.8. The molecule has 144 valence electrons. The molecule has 0 aromatic heterocycles. The number of rotatable bonds is 3. The van der Waals surface area contributed by atoms with Crippen molar-refractivity contribution in [3.05, 3.63) is 50.5 Å². The number of hydrogen-bond acceptors (Lipinski definition) is 8. The standard InChI is InChI=1S/C17H18N2O7S/c1-10-14(17(20)25-2)15(11-5-3-4-6-13(11)19(21)22)16-12(18-10)9-26-7-8-27(16,23)24/h3-6,14-15H,7-9H2,1-2H3. The molecule has 2 aliphatic rings. The van der Waals surface area contributed by atoms with Gasteiger partial charge < -0.3 is 9.47 Å². The van der Waals surface area contributed by atoms with Gasteiger partial charge in [-0.1, -0.05) is 18.2 Å². The first-order valence-electron chi connectivity index (χ1n) is 8.17. The van der Waals surface area contributed by atoms with Crippen LogP contribution in [0.3, 0.4) is 0 Å². The van der Waals surface area contributed by atoms with Crippen LogP contribution in [0.25, 0.3) is 0 Å². The smallest absolute Gasteiger partial charge is 0.315 e. The first kappa shape index (κ1) is 19.2. The largest absolute Gasteiger partial charge is 0.468 e. The van der Waals surface area contributed by atoms with Crippen LogP contribution in [0.5, 0.6) is 0 Å². The lowest BCUT2D eigenvalue weighted by atomic mass is 9.80. The van der Waals surface area contributed by atoms with Crippen molar-refractivity contribution in [3.63, 3.8) is 0 Å². The molecular formula is C17H18N2O7S. The second kappa shape index (κ2) is 7.20. The van der Waals surface area contributed by atoms with Crippen molar-refractivity contribution in [3.8, 4) is 0 Å². The third-order valence-electron chi connectivity index (χ3n) is 4.66. The molecule has 27 heavy (non-hydrogen) atoms. The van der Waals surface area contributed by atoms with Gasteiger partial charge in [-0.25, -0.2) is 8.42 Å². The molecule has 2 unspecified atom stereocenters. The number of methoxy groups -OCH3 is 1. The molecule has 0 bridgehead atoms. The second-order valence-electron chi connectivity index (χ2n) is 6.23. The number of nitrogens with zero attached hydrogens (tertiary/aromatic N) is 2. The number of carbonyl (C=O) groups excluding carboxylic acids is 1. The maximum absolute atomic E-state index is 12.9. The minimum Gasteiger partial charge on any atom is -0.468 e. The highest BCUT2D eigenvalue weighted by Crippen LogP contribution is 2.45. The van der Waals surface area contributed by atoms with Gasteiger partial charge in [-0.15, -0.1) is 0 Å². The number of nitro groups is 1. The summed E-state index contributed by atoms with van der Waals surface area (Å²) in [6, 6.07) is 5.80. The lowest BCUT2D eigenvalue weighted by Crippen LogP contribution is -2.36. The van der Waals surface area contributed by atoms with Gasteiger partial charge in [0, 0.05) is 23.3 Å². The molecule has 0 spiro atoms. The predicted molar refractivity (Wildman–Crippen MR) is 96.1 cm³/mol. The molecule has 2 heterocycles. The monoisotopic (exact) mass is 394 g/mol. The minimum atomic E-state index is -3.84. The van der Waals surface area contributed by atoms with E-state index in [0.717, 1.165) is 0 Å². The highest BCUT2D eigenvalue weighted by atomic mass is 32.2. The highest BCUT2D eigenvalue weighted by Gasteiger charge is 2.47. The number of esters is 1. The van der Waals surface area contributed by atoms with E-state index < -0.39 is 32.6 Å². The van der Waals surface area contributed by atoms with Crippen LogP contribution in [0, 0.1) is 16.0 Å². The van der Waals surface area contributed by atoms with E-state index in [2.05, 4.69) is 4.99 Å². The minimum absolute atomic E-state index is 0.0175. The van der Waals surface area contributed by atoms with Gasteiger partial charge in [0.1, 0.15) is 5.92 Å². The maximum atomic E-state index is 12.9. The molecule has 0 radical (unpaired) electrons. The Kier molecular flexibility index (Phi) is 5.11. The third-order valence-corrected chi connectivity index (χ3v) is 6.52. The number of ether oxygens (including phenoxy) is 2. The van der Waals surface area contributed by atoms with Crippen molar-refractivity contribution in [1.82, 2.24) is 0 Å². The van der Waals surface area contributed by atoms with Crippen LogP contribution in [0.1, 0.15) is 18.4 Å². The molecule has 10 heteroatoms. The summed E-state index contributed by atoms with van der Waals surface area (Å²) in [5, 5.41) is 11.6.